The Hall–Kier alpha value is -3.64. The van der Waals surface area contributed by atoms with Gasteiger partial charge in [-0.05, 0) is 102 Å². The molecule has 2 bridgehead atoms. The van der Waals surface area contributed by atoms with Crippen LogP contribution in [-0.4, -0.2) is 0 Å². The van der Waals surface area contributed by atoms with Gasteiger partial charge in [0.05, 0.1) is 0 Å². The molecule has 34 heavy (non-hydrogen) atoms. The van der Waals surface area contributed by atoms with Crippen LogP contribution in [0.4, 0.5) is 0 Å². The number of fused-ring (bicyclic) bond motifs is 5. The molecule has 170 valence electrons. The average molecular weight is 443 g/mol. The molecule has 3 aromatic carbocycles. The third kappa shape index (κ3) is 3.94. The Kier molecular flexibility index (Phi) is 6.98. The quantitative estimate of drug-likeness (QED) is 0.280. The highest BCUT2D eigenvalue weighted by Gasteiger charge is 2.28. The Morgan fingerprint density at radius 3 is 1.79 bits per heavy atom. The van der Waals surface area contributed by atoms with Crippen molar-refractivity contribution in [3.63, 3.8) is 0 Å². The second-order valence-corrected chi connectivity index (χ2v) is 8.76. The number of allylic oxidation sites excluding steroid dienone is 4. The van der Waals surface area contributed by atoms with Gasteiger partial charge in [-0.3, -0.25) is 0 Å². The molecule has 0 radical (unpaired) electrons. The molecule has 0 saturated carbocycles. The summed E-state index contributed by atoms with van der Waals surface area (Å²) in [5.74, 6) is 0. The maximum Gasteiger partial charge on any atom is -0.00112 e. The molecule has 0 aliphatic heterocycles. The van der Waals surface area contributed by atoms with Crippen LogP contribution in [0.15, 0.2) is 85.0 Å². The van der Waals surface area contributed by atoms with E-state index < -0.39 is 0 Å². The summed E-state index contributed by atoms with van der Waals surface area (Å²) in [6.07, 6.45) is 11.2. The van der Waals surface area contributed by atoms with E-state index in [1.807, 2.05) is 0 Å². The molecule has 0 saturated heterocycles. The number of hydrogen-bond donors (Lipinski definition) is 0. The van der Waals surface area contributed by atoms with Crippen LogP contribution in [0.1, 0.15) is 44.4 Å². The zero-order valence-electron chi connectivity index (χ0n) is 21.2. The maximum atomic E-state index is 2.30. The summed E-state index contributed by atoms with van der Waals surface area (Å²) in [4.78, 5) is 0. The summed E-state index contributed by atoms with van der Waals surface area (Å²) < 4.78 is 0. The van der Waals surface area contributed by atoms with Crippen molar-refractivity contribution in [3.05, 3.63) is 112 Å². The molecule has 0 nitrogen and oxygen atoms in total. The van der Waals surface area contributed by atoms with Gasteiger partial charge in [-0.15, -0.1) is 0 Å². The van der Waals surface area contributed by atoms with Crippen LogP contribution >= 0.6 is 0 Å². The average Bonchev–Trinajstić information content (AvgIpc) is 3.11. The van der Waals surface area contributed by atoms with Crippen LogP contribution in [0, 0.1) is 13.8 Å². The SMILES string of the molecule is C/C=C\C(=C/C)c1c2c(c(-c3ccccc3)c(=C/C)/c1=C\C)-c1cccc(C)cccc-2c1C. The fraction of sp³-hybridized carbons (Fsp3) is 0.176. The van der Waals surface area contributed by atoms with Gasteiger partial charge in [-0.1, -0.05) is 103 Å². The summed E-state index contributed by atoms with van der Waals surface area (Å²) >= 11 is 0. The molecule has 0 atom stereocenters. The lowest BCUT2D eigenvalue weighted by Gasteiger charge is -2.19. The van der Waals surface area contributed by atoms with Crippen LogP contribution in [0.5, 0.6) is 0 Å². The minimum atomic E-state index is 1.24. The lowest BCUT2D eigenvalue weighted by atomic mass is 9.84. The Morgan fingerprint density at radius 1 is 0.618 bits per heavy atom. The molecule has 0 fully saturated rings. The van der Waals surface area contributed by atoms with E-state index in [1.54, 1.807) is 0 Å². The predicted octanol–water partition coefficient (Wildman–Crippen LogP) is 8.32. The van der Waals surface area contributed by atoms with E-state index in [2.05, 4.69) is 139 Å². The molecule has 3 aromatic rings. The van der Waals surface area contributed by atoms with Gasteiger partial charge in [0.2, 0.25) is 0 Å². The highest BCUT2D eigenvalue weighted by Crippen LogP contribution is 2.48. The Morgan fingerprint density at radius 2 is 1.24 bits per heavy atom. The first-order valence-electron chi connectivity index (χ1n) is 12.2. The van der Waals surface area contributed by atoms with Crippen molar-refractivity contribution in [2.45, 2.75) is 41.5 Å². The first kappa shape index (κ1) is 23.5. The molecule has 0 heterocycles. The molecular weight excluding hydrogens is 408 g/mol. The third-order valence-corrected chi connectivity index (χ3v) is 6.76. The van der Waals surface area contributed by atoms with Gasteiger partial charge in [0, 0.05) is 0 Å². The zero-order valence-corrected chi connectivity index (χ0v) is 21.2. The first-order chi connectivity index (χ1) is 16.6. The largest absolute Gasteiger partial charge is 0.0871 e. The molecule has 0 heteroatoms. The van der Waals surface area contributed by atoms with Crippen molar-refractivity contribution < 1.29 is 0 Å². The fourth-order valence-corrected chi connectivity index (χ4v) is 5.22. The predicted molar refractivity (Wildman–Crippen MR) is 151 cm³/mol. The number of rotatable bonds is 3. The lowest BCUT2D eigenvalue weighted by Crippen LogP contribution is -2.31. The van der Waals surface area contributed by atoms with Crippen molar-refractivity contribution in [1.82, 2.24) is 0 Å². The molecule has 0 amide bonds. The van der Waals surface area contributed by atoms with Gasteiger partial charge in [0.15, 0.2) is 0 Å². The Bertz CT molecular complexity index is 1480. The molecule has 1 aliphatic rings. The number of benzene rings is 2. The van der Waals surface area contributed by atoms with Crippen LogP contribution in [0.2, 0.25) is 0 Å². The smallest absolute Gasteiger partial charge is 0.00112 e. The molecular formula is C34H34. The molecule has 0 unspecified atom stereocenters. The van der Waals surface area contributed by atoms with Gasteiger partial charge in [0.1, 0.15) is 0 Å². The summed E-state index contributed by atoms with van der Waals surface area (Å²) in [7, 11) is 0. The molecule has 1 aliphatic carbocycles. The molecule has 0 N–H and O–H groups in total. The van der Waals surface area contributed by atoms with E-state index in [4.69, 9.17) is 0 Å². The van der Waals surface area contributed by atoms with E-state index in [0.717, 1.165) is 0 Å². The van der Waals surface area contributed by atoms with Crippen LogP contribution in [0.25, 0.3) is 51.1 Å². The van der Waals surface area contributed by atoms with E-state index >= 15 is 0 Å². The minimum absolute atomic E-state index is 1.24. The Labute approximate surface area is 204 Å². The monoisotopic (exact) mass is 442 g/mol. The zero-order chi connectivity index (χ0) is 24.2. The van der Waals surface area contributed by atoms with E-state index in [-0.39, 0.29) is 0 Å². The molecule has 0 spiro atoms. The standard InChI is InChI=1S/C34H34/c1-7-16-25(8-2)31-27(9-3)28(10-4)32(26-19-12-11-13-20-26)34-30-22-15-18-23(5)17-14-21-29(24(30)6)33(31)34/h7-22H,1-6H3/b16-7-,17-14?,18-15?,21-14?,22-15?,23-17?,23-18?,25-8+,27-9+,28-10+,29-21?,30-22?. The second kappa shape index (κ2) is 10.1. The lowest BCUT2D eigenvalue weighted by molar-refractivity contribution is 1.44. The van der Waals surface area contributed by atoms with Crippen LogP contribution < -0.4 is 10.4 Å². The number of aryl methyl sites for hydroxylation is 1. The van der Waals surface area contributed by atoms with Crippen molar-refractivity contribution in [2.24, 2.45) is 0 Å². The second-order valence-electron chi connectivity index (χ2n) is 8.76. The van der Waals surface area contributed by atoms with Crippen LogP contribution in [0.3, 0.4) is 0 Å². The van der Waals surface area contributed by atoms with E-state index in [1.165, 1.54) is 66.1 Å². The highest BCUT2D eigenvalue weighted by atomic mass is 14.3. The summed E-state index contributed by atoms with van der Waals surface area (Å²) in [5, 5.41) is 2.59. The Balaban J connectivity index is 2.38. The first-order valence-corrected chi connectivity index (χ1v) is 12.2. The van der Waals surface area contributed by atoms with E-state index in [0.29, 0.717) is 0 Å². The highest BCUT2D eigenvalue weighted by molar-refractivity contribution is 6.07. The normalized spacial score (nSPS) is 13.4. The van der Waals surface area contributed by atoms with Gasteiger partial charge >= 0.3 is 0 Å². The van der Waals surface area contributed by atoms with Gasteiger partial charge in [-0.2, -0.15) is 0 Å². The van der Waals surface area contributed by atoms with Crippen molar-refractivity contribution >= 4 is 17.7 Å². The van der Waals surface area contributed by atoms with Gasteiger partial charge < -0.3 is 0 Å². The van der Waals surface area contributed by atoms with Gasteiger partial charge in [-0.25, -0.2) is 0 Å². The van der Waals surface area contributed by atoms with Crippen molar-refractivity contribution in [3.8, 4) is 33.4 Å². The maximum absolute atomic E-state index is 2.30. The summed E-state index contributed by atoms with van der Waals surface area (Å²) in [6, 6.07) is 24.2. The molecule has 4 rings (SSSR count). The minimum Gasteiger partial charge on any atom is -0.0871 e. The van der Waals surface area contributed by atoms with Gasteiger partial charge in [0.25, 0.3) is 0 Å². The van der Waals surface area contributed by atoms with Crippen molar-refractivity contribution in [1.29, 1.82) is 0 Å². The fourth-order valence-electron chi connectivity index (χ4n) is 5.22. The topological polar surface area (TPSA) is 0 Å². The third-order valence-electron chi connectivity index (χ3n) is 6.76. The number of hydrogen-bond acceptors (Lipinski definition) is 0. The van der Waals surface area contributed by atoms with E-state index in [9.17, 15) is 0 Å². The molecule has 0 aromatic heterocycles. The van der Waals surface area contributed by atoms with Crippen LogP contribution in [-0.2, 0) is 0 Å². The van der Waals surface area contributed by atoms with Crippen molar-refractivity contribution in [2.75, 3.05) is 0 Å². The summed E-state index contributed by atoms with van der Waals surface area (Å²) in [5.41, 5.74) is 13.0. The summed E-state index contributed by atoms with van der Waals surface area (Å²) in [6.45, 7) is 13.0.